The normalized spacial score (nSPS) is 11.2. The number of fused-ring (bicyclic) bond motifs is 2. The number of ether oxygens (including phenoxy) is 1. The fraction of sp³-hybridized carbons (Fsp3) is 0.294. The fourth-order valence-corrected chi connectivity index (χ4v) is 2.74. The van der Waals surface area contributed by atoms with Gasteiger partial charge in [-0.05, 0) is 19.1 Å². The SMILES string of the molecule is COCCNC(=O)c1cc2c(=O)n3cccc(C)c3nc2[n+](C)c1N. The molecule has 3 aromatic rings. The maximum absolute atomic E-state index is 12.9. The summed E-state index contributed by atoms with van der Waals surface area (Å²) in [6, 6.07) is 5.17. The van der Waals surface area contributed by atoms with Crippen molar-refractivity contribution in [3.63, 3.8) is 0 Å². The van der Waals surface area contributed by atoms with Gasteiger partial charge in [-0.3, -0.25) is 14.0 Å². The number of aryl methyl sites for hydroxylation is 2. The van der Waals surface area contributed by atoms with Gasteiger partial charge in [-0.15, -0.1) is 0 Å². The van der Waals surface area contributed by atoms with Crippen molar-refractivity contribution in [3.05, 3.63) is 45.9 Å². The molecule has 3 aromatic heterocycles. The fourth-order valence-electron chi connectivity index (χ4n) is 2.74. The smallest absolute Gasteiger partial charge is 0.278 e. The molecule has 130 valence electrons. The van der Waals surface area contributed by atoms with E-state index in [0.717, 1.165) is 5.56 Å². The van der Waals surface area contributed by atoms with Gasteiger partial charge in [0.15, 0.2) is 0 Å². The maximum Gasteiger partial charge on any atom is 0.278 e. The minimum Gasteiger partial charge on any atom is -0.383 e. The molecular formula is C17H20N5O3+. The van der Waals surface area contributed by atoms with Gasteiger partial charge in [0.1, 0.15) is 10.9 Å². The summed E-state index contributed by atoms with van der Waals surface area (Å²) in [7, 11) is 3.24. The Morgan fingerprint density at radius 2 is 2.24 bits per heavy atom. The summed E-state index contributed by atoms with van der Waals surface area (Å²) in [5.74, 6) is -0.118. The van der Waals surface area contributed by atoms with Crippen molar-refractivity contribution in [3.8, 4) is 0 Å². The van der Waals surface area contributed by atoms with Crippen molar-refractivity contribution in [1.29, 1.82) is 0 Å². The first-order valence-electron chi connectivity index (χ1n) is 7.83. The third kappa shape index (κ3) is 2.80. The second-order valence-corrected chi connectivity index (χ2v) is 5.79. The quantitative estimate of drug-likeness (QED) is 0.393. The van der Waals surface area contributed by atoms with E-state index in [0.29, 0.717) is 29.8 Å². The number of nitrogens with two attached hydrogens (primary N) is 1. The van der Waals surface area contributed by atoms with Crippen LogP contribution in [0.5, 0.6) is 0 Å². The van der Waals surface area contributed by atoms with E-state index in [2.05, 4.69) is 10.3 Å². The summed E-state index contributed by atoms with van der Waals surface area (Å²) in [5.41, 5.74) is 7.97. The summed E-state index contributed by atoms with van der Waals surface area (Å²) < 4.78 is 7.95. The van der Waals surface area contributed by atoms with Gasteiger partial charge in [-0.2, -0.15) is 0 Å². The van der Waals surface area contributed by atoms with E-state index >= 15 is 0 Å². The van der Waals surface area contributed by atoms with Crippen molar-refractivity contribution < 1.29 is 14.1 Å². The van der Waals surface area contributed by atoms with E-state index in [4.69, 9.17) is 10.5 Å². The van der Waals surface area contributed by atoms with Crippen LogP contribution in [0.2, 0.25) is 0 Å². The molecule has 1 amide bonds. The lowest BCUT2D eigenvalue weighted by Gasteiger charge is -2.10. The largest absolute Gasteiger partial charge is 0.383 e. The number of hydrogen-bond acceptors (Lipinski definition) is 5. The number of amides is 1. The molecule has 8 heteroatoms. The molecule has 3 heterocycles. The second kappa shape index (κ2) is 6.48. The van der Waals surface area contributed by atoms with Gasteiger partial charge >= 0.3 is 0 Å². The van der Waals surface area contributed by atoms with E-state index in [1.165, 1.54) is 10.5 Å². The van der Waals surface area contributed by atoms with E-state index in [1.54, 1.807) is 31.0 Å². The first-order chi connectivity index (χ1) is 12.0. The number of methoxy groups -OCH3 is 1. The average molecular weight is 342 g/mol. The molecule has 0 spiro atoms. The van der Waals surface area contributed by atoms with Crippen molar-refractivity contribution in [1.82, 2.24) is 14.7 Å². The number of pyridine rings is 2. The Hall–Kier alpha value is -3.00. The topological polar surface area (TPSA) is 103 Å². The number of nitrogens with one attached hydrogen (secondary N) is 1. The molecule has 0 aliphatic heterocycles. The van der Waals surface area contributed by atoms with Crippen LogP contribution in [0.3, 0.4) is 0 Å². The second-order valence-electron chi connectivity index (χ2n) is 5.79. The number of anilines is 1. The van der Waals surface area contributed by atoms with Crippen molar-refractivity contribution in [2.24, 2.45) is 7.05 Å². The first-order valence-corrected chi connectivity index (χ1v) is 7.83. The number of carbonyl (C=O) groups excluding carboxylic acids is 1. The Balaban J connectivity index is 2.25. The third-order valence-electron chi connectivity index (χ3n) is 4.14. The predicted octanol–water partition coefficient (Wildman–Crippen LogP) is -0.0610. The highest BCUT2D eigenvalue weighted by Gasteiger charge is 2.22. The number of hydrogen-bond donors (Lipinski definition) is 2. The van der Waals surface area contributed by atoms with Gasteiger partial charge in [0, 0.05) is 25.4 Å². The molecule has 0 aromatic carbocycles. The Kier molecular flexibility index (Phi) is 4.37. The molecule has 3 rings (SSSR count). The minimum absolute atomic E-state index is 0.234. The van der Waals surface area contributed by atoms with Crippen LogP contribution >= 0.6 is 0 Å². The van der Waals surface area contributed by atoms with E-state index in [9.17, 15) is 9.59 Å². The molecule has 25 heavy (non-hydrogen) atoms. The van der Waals surface area contributed by atoms with E-state index in [-0.39, 0.29) is 22.8 Å². The van der Waals surface area contributed by atoms with E-state index in [1.807, 2.05) is 13.0 Å². The average Bonchev–Trinajstić information content (AvgIpc) is 2.59. The highest BCUT2D eigenvalue weighted by atomic mass is 16.5. The van der Waals surface area contributed by atoms with Crippen molar-refractivity contribution in [2.75, 3.05) is 26.0 Å². The van der Waals surface area contributed by atoms with Crippen LogP contribution in [0, 0.1) is 6.92 Å². The Labute approximate surface area is 143 Å². The summed E-state index contributed by atoms with van der Waals surface area (Å²) in [5, 5.41) is 3.04. The molecule has 0 fully saturated rings. The molecule has 0 radical (unpaired) electrons. The lowest BCUT2D eigenvalue weighted by atomic mass is 10.1. The van der Waals surface area contributed by atoms with Crippen LogP contribution in [-0.4, -0.2) is 35.6 Å². The zero-order valence-electron chi connectivity index (χ0n) is 14.4. The van der Waals surface area contributed by atoms with Crippen LogP contribution in [0.4, 0.5) is 5.82 Å². The highest BCUT2D eigenvalue weighted by Crippen LogP contribution is 2.15. The minimum atomic E-state index is -0.360. The molecule has 0 bridgehead atoms. The number of nitrogen functional groups attached to an aromatic ring is 1. The molecule has 0 atom stereocenters. The van der Waals surface area contributed by atoms with E-state index < -0.39 is 0 Å². The molecule has 0 saturated carbocycles. The molecular weight excluding hydrogens is 322 g/mol. The zero-order chi connectivity index (χ0) is 18.1. The Bertz CT molecular complexity index is 1040. The molecule has 8 nitrogen and oxygen atoms in total. The van der Waals surface area contributed by atoms with Crippen molar-refractivity contribution in [2.45, 2.75) is 6.92 Å². The monoisotopic (exact) mass is 342 g/mol. The number of nitrogens with zero attached hydrogens (tertiary/aromatic N) is 3. The zero-order valence-corrected chi connectivity index (χ0v) is 14.4. The summed E-state index contributed by atoms with van der Waals surface area (Å²) in [4.78, 5) is 29.8. The van der Waals surface area contributed by atoms with Gasteiger partial charge in [0.25, 0.3) is 17.1 Å². The van der Waals surface area contributed by atoms with Gasteiger partial charge in [0.05, 0.1) is 13.7 Å². The van der Waals surface area contributed by atoms with Crippen LogP contribution in [0.1, 0.15) is 15.9 Å². The summed E-state index contributed by atoms with van der Waals surface area (Å²) in [6.07, 6.45) is 1.66. The number of aromatic nitrogens is 3. The van der Waals surface area contributed by atoms with Gasteiger partial charge < -0.3 is 15.8 Å². The molecule has 3 N–H and O–H groups in total. The number of carbonyl (C=O) groups is 1. The van der Waals surface area contributed by atoms with Crippen LogP contribution in [0.25, 0.3) is 16.7 Å². The number of rotatable bonds is 4. The maximum atomic E-state index is 12.9. The standard InChI is InChI=1S/C17H19N5O3/c1-10-5-4-7-22-14(10)20-15-12(17(22)24)9-11(13(18)21(15)2)16(23)19-6-8-25-3/h4-5,7,9,18H,6,8H2,1-3H3,(H,19,23)/p+1. The first kappa shape index (κ1) is 16.8. The van der Waals surface area contributed by atoms with Crippen molar-refractivity contribution >= 4 is 28.4 Å². The van der Waals surface area contributed by atoms with Gasteiger partial charge in [0.2, 0.25) is 11.5 Å². The Morgan fingerprint density at radius 3 is 2.96 bits per heavy atom. The molecule has 0 aliphatic carbocycles. The summed E-state index contributed by atoms with van der Waals surface area (Å²) in [6.45, 7) is 2.62. The van der Waals surface area contributed by atoms with Gasteiger partial charge in [-0.1, -0.05) is 11.1 Å². The predicted molar refractivity (Wildman–Crippen MR) is 93.5 cm³/mol. The third-order valence-corrected chi connectivity index (χ3v) is 4.14. The van der Waals surface area contributed by atoms with Crippen LogP contribution < -0.4 is 21.2 Å². The molecule has 0 saturated heterocycles. The van der Waals surface area contributed by atoms with Crippen LogP contribution in [0.15, 0.2) is 29.2 Å². The van der Waals surface area contributed by atoms with Crippen LogP contribution in [-0.2, 0) is 11.8 Å². The Morgan fingerprint density at radius 1 is 1.48 bits per heavy atom. The molecule has 0 unspecified atom stereocenters. The lowest BCUT2D eigenvalue weighted by Crippen LogP contribution is -2.40. The highest BCUT2D eigenvalue weighted by molar-refractivity contribution is 6.00. The van der Waals surface area contributed by atoms with Gasteiger partial charge in [-0.25, -0.2) is 4.57 Å². The lowest BCUT2D eigenvalue weighted by molar-refractivity contribution is -0.632. The summed E-state index contributed by atoms with van der Waals surface area (Å²) >= 11 is 0. The molecule has 0 aliphatic rings.